The van der Waals surface area contributed by atoms with E-state index in [2.05, 4.69) is 55.4 Å². The average molecular weight is 1450 g/mol. The van der Waals surface area contributed by atoms with Gasteiger partial charge in [-0.3, -0.25) is 37.3 Å². The van der Waals surface area contributed by atoms with Gasteiger partial charge in [-0.1, -0.05) is 357 Å². The van der Waals surface area contributed by atoms with Crippen molar-refractivity contribution in [2.75, 3.05) is 39.6 Å². The van der Waals surface area contributed by atoms with Gasteiger partial charge in [-0.05, 0) is 49.4 Å². The maximum Gasteiger partial charge on any atom is 0.472 e. The number of phosphoric acid groups is 2. The predicted molar refractivity (Wildman–Crippen MR) is 404 cm³/mol. The molecule has 0 radical (unpaired) electrons. The standard InChI is InChI=1S/C80H156O17P2/c1-70(2)56-48-40-32-26-22-18-14-11-9-10-12-16-20-24-28-36-46-54-62-79(84)96-75(66-90-77(82)60-52-44-38-30-34-42-50-58-72(5)6)68-94-98(86,87)92-64-74(81)65-93-99(88,89)95-69-76(67-91-78(83)61-53-45-39-31-35-43-51-59-73(7)8)97-80(85)63-55-47-37-29-25-21-17-13-15-19-23-27-33-41-49-57-71(3)4/h70-76,81H,9-69H2,1-8H3,(H,86,87)(H,88,89)/t74?,75-,76-/m1/s1. The molecule has 0 aliphatic carbocycles. The SMILES string of the molecule is CC(C)CCCCCCCCCCCCCCCCCCCCC(=O)O[C@H](COC(=O)CCCCCCCCCC(C)C)COP(=O)(O)OCC(O)COP(=O)(O)OC[C@@H](COC(=O)CCCCCCCCCC(C)C)OC(=O)CCCCCCCCCCCCCCCCCC(C)C. The molecule has 0 spiro atoms. The molecule has 588 valence electrons. The zero-order valence-electron chi connectivity index (χ0n) is 65.1. The second-order valence-electron chi connectivity index (χ2n) is 30.7. The fraction of sp³-hybridized carbons (Fsp3) is 0.950. The van der Waals surface area contributed by atoms with Crippen LogP contribution < -0.4 is 0 Å². The van der Waals surface area contributed by atoms with E-state index in [1.165, 1.54) is 199 Å². The zero-order valence-corrected chi connectivity index (χ0v) is 66.9. The van der Waals surface area contributed by atoms with Crippen molar-refractivity contribution in [3.05, 3.63) is 0 Å². The molecule has 0 aliphatic heterocycles. The molecule has 0 aromatic rings. The van der Waals surface area contributed by atoms with E-state index in [-0.39, 0.29) is 25.7 Å². The second-order valence-corrected chi connectivity index (χ2v) is 33.6. The van der Waals surface area contributed by atoms with Crippen LogP contribution in [-0.2, 0) is 65.4 Å². The number of phosphoric ester groups is 2. The summed E-state index contributed by atoms with van der Waals surface area (Å²) in [6.45, 7) is 14.2. The highest BCUT2D eigenvalue weighted by Gasteiger charge is 2.30. The Labute approximate surface area is 607 Å². The Bertz CT molecular complexity index is 1940. The van der Waals surface area contributed by atoms with Gasteiger partial charge in [0.2, 0.25) is 0 Å². The normalized spacial score (nSPS) is 14.1. The van der Waals surface area contributed by atoms with E-state index in [4.69, 9.17) is 37.0 Å². The maximum absolute atomic E-state index is 13.1. The number of carbonyl (C=O) groups excluding carboxylic acids is 4. The molecule has 3 N–H and O–H groups in total. The first-order chi connectivity index (χ1) is 47.6. The second kappa shape index (κ2) is 69.1. The number of rotatable bonds is 77. The van der Waals surface area contributed by atoms with Crippen LogP contribution in [0.15, 0.2) is 0 Å². The minimum absolute atomic E-state index is 0.107. The molecule has 0 heterocycles. The van der Waals surface area contributed by atoms with Crippen molar-refractivity contribution >= 4 is 39.5 Å². The molecule has 5 atom stereocenters. The van der Waals surface area contributed by atoms with Crippen molar-refractivity contribution in [1.29, 1.82) is 0 Å². The van der Waals surface area contributed by atoms with Crippen molar-refractivity contribution in [2.24, 2.45) is 23.7 Å². The molecule has 0 aromatic carbocycles. The lowest BCUT2D eigenvalue weighted by molar-refractivity contribution is -0.161. The summed E-state index contributed by atoms with van der Waals surface area (Å²) in [5, 5.41) is 10.6. The van der Waals surface area contributed by atoms with Crippen LogP contribution in [0.4, 0.5) is 0 Å². The van der Waals surface area contributed by atoms with Gasteiger partial charge in [-0.15, -0.1) is 0 Å². The summed E-state index contributed by atoms with van der Waals surface area (Å²) in [5.41, 5.74) is 0. The Morgan fingerprint density at radius 1 is 0.253 bits per heavy atom. The fourth-order valence-electron chi connectivity index (χ4n) is 12.3. The third kappa shape index (κ3) is 74.1. The molecule has 3 unspecified atom stereocenters. The monoisotopic (exact) mass is 1450 g/mol. The minimum atomic E-state index is -4.96. The van der Waals surface area contributed by atoms with Crippen LogP contribution in [-0.4, -0.2) is 96.7 Å². The Morgan fingerprint density at radius 3 is 0.626 bits per heavy atom. The Balaban J connectivity index is 5.17. The zero-order chi connectivity index (χ0) is 73.1. The van der Waals surface area contributed by atoms with E-state index in [0.717, 1.165) is 115 Å². The van der Waals surface area contributed by atoms with Gasteiger partial charge < -0.3 is 33.8 Å². The summed E-state index contributed by atoms with van der Waals surface area (Å²) in [6, 6.07) is 0. The first-order valence-corrected chi connectivity index (χ1v) is 44.2. The van der Waals surface area contributed by atoms with Gasteiger partial charge in [-0.25, -0.2) is 9.13 Å². The molecule has 19 heteroatoms. The molecule has 0 amide bonds. The van der Waals surface area contributed by atoms with Crippen LogP contribution in [0, 0.1) is 23.7 Å². The molecular weight excluding hydrogens is 1290 g/mol. The third-order valence-corrected chi connectivity index (χ3v) is 20.5. The summed E-state index contributed by atoms with van der Waals surface area (Å²) in [6.07, 6.45) is 55.8. The summed E-state index contributed by atoms with van der Waals surface area (Å²) < 4.78 is 68.6. The Kier molecular flexibility index (Phi) is 67.8. The molecule has 0 aliphatic rings. The molecule has 17 nitrogen and oxygen atoms in total. The van der Waals surface area contributed by atoms with Crippen molar-refractivity contribution < 1.29 is 80.2 Å². The summed E-state index contributed by atoms with van der Waals surface area (Å²) in [7, 11) is -9.92. The van der Waals surface area contributed by atoms with Crippen LogP contribution >= 0.6 is 15.6 Å². The van der Waals surface area contributed by atoms with Gasteiger partial charge in [0.05, 0.1) is 26.4 Å². The smallest absolute Gasteiger partial charge is 0.462 e. The van der Waals surface area contributed by atoms with Gasteiger partial charge in [-0.2, -0.15) is 0 Å². The van der Waals surface area contributed by atoms with Crippen molar-refractivity contribution in [3.8, 4) is 0 Å². The number of esters is 4. The van der Waals surface area contributed by atoms with Gasteiger partial charge in [0.15, 0.2) is 12.2 Å². The van der Waals surface area contributed by atoms with E-state index in [1.54, 1.807) is 0 Å². The number of aliphatic hydroxyl groups excluding tert-OH is 1. The minimum Gasteiger partial charge on any atom is -0.462 e. The lowest BCUT2D eigenvalue weighted by atomic mass is 10.0. The van der Waals surface area contributed by atoms with Crippen molar-refractivity contribution in [1.82, 2.24) is 0 Å². The van der Waals surface area contributed by atoms with Gasteiger partial charge >= 0.3 is 39.5 Å². The molecule has 0 saturated carbocycles. The maximum atomic E-state index is 13.1. The summed E-state index contributed by atoms with van der Waals surface area (Å²) in [4.78, 5) is 72.9. The van der Waals surface area contributed by atoms with Crippen molar-refractivity contribution in [2.45, 2.75) is 427 Å². The van der Waals surface area contributed by atoms with E-state index >= 15 is 0 Å². The topological polar surface area (TPSA) is 237 Å². The first-order valence-electron chi connectivity index (χ1n) is 41.2. The predicted octanol–water partition coefficient (Wildman–Crippen LogP) is 23.6. The summed E-state index contributed by atoms with van der Waals surface area (Å²) in [5.74, 6) is 0.915. The Hall–Kier alpha value is -1.94. The highest BCUT2D eigenvalue weighted by atomic mass is 31.2. The van der Waals surface area contributed by atoms with E-state index < -0.39 is 97.5 Å². The van der Waals surface area contributed by atoms with Crippen LogP contribution in [0.25, 0.3) is 0 Å². The highest BCUT2D eigenvalue weighted by Crippen LogP contribution is 2.45. The molecule has 0 rings (SSSR count). The number of hydrogen-bond donors (Lipinski definition) is 3. The van der Waals surface area contributed by atoms with Crippen LogP contribution in [0.5, 0.6) is 0 Å². The number of hydrogen-bond acceptors (Lipinski definition) is 15. The summed E-state index contributed by atoms with van der Waals surface area (Å²) >= 11 is 0. The lowest BCUT2D eigenvalue weighted by Gasteiger charge is -2.21. The number of carbonyl (C=O) groups is 4. The molecular formula is C80H156O17P2. The largest absolute Gasteiger partial charge is 0.472 e. The Morgan fingerprint density at radius 2 is 0.424 bits per heavy atom. The van der Waals surface area contributed by atoms with Crippen LogP contribution in [0.2, 0.25) is 0 Å². The lowest BCUT2D eigenvalue weighted by Crippen LogP contribution is -2.30. The molecule has 0 fully saturated rings. The number of unbranched alkanes of at least 4 members (excludes halogenated alkanes) is 43. The molecule has 99 heavy (non-hydrogen) atoms. The molecule has 0 aromatic heterocycles. The van der Waals surface area contributed by atoms with E-state index in [9.17, 15) is 43.2 Å². The van der Waals surface area contributed by atoms with Crippen molar-refractivity contribution in [3.63, 3.8) is 0 Å². The quantitative estimate of drug-likeness (QED) is 0.0222. The average Bonchev–Trinajstić information content (AvgIpc) is 1.000. The van der Waals surface area contributed by atoms with Crippen LogP contribution in [0.3, 0.4) is 0 Å². The highest BCUT2D eigenvalue weighted by molar-refractivity contribution is 7.47. The van der Waals surface area contributed by atoms with Gasteiger partial charge in [0.1, 0.15) is 19.3 Å². The van der Waals surface area contributed by atoms with Gasteiger partial charge in [0.25, 0.3) is 0 Å². The molecule has 0 bridgehead atoms. The molecule has 0 saturated heterocycles. The number of ether oxygens (including phenoxy) is 4. The van der Waals surface area contributed by atoms with E-state index in [1.807, 2.05) is 0 Å². The number of aliphatic hydroxyl groups is 1. The third-order valence-electron chi connectivity index (χ3n) is 18.6. The fourth-order valence-corrected chi connectivity index (χ4v) is 13.8. The van der Waals surface area contributed by atoms with Crippen LogP contribution in [0.1, 0.15) is 409 Å². The van der Waals surface area contributed by atoms with E-state index in [0.29, 0.717) is 37.5 Å². The van der Waals surface area contributed by atoms with Gasteiger partial charge in [0, 0.05) is 25.7 Å². The first kappa shape index (κ1) is 97.1.